The topological polar surface area (TPSA) is 83.9 Å². The molecule has 1 aromatic carbocycles. The second-order valence-electron chi connectivity index (χ2n) is 7.06. The van der Waals surface area contributed by atoms with Crippen LogP contribution in [0.5, 0.6) is 0 Å². The maximum atomic E-state index is 13.0. The number of ether oxygens (including phenoxy) is 1. The van der Waals surface area contributed by atoms with E-state index in [1.807, 2.05) is 0 Å². The van der Waals surface area contributed by atoms with E-state index in [0.717, 1.165) is 19.6 Å². The van der Waals surface area contributed by atoms with Gasteiger partial charge in [-0.2, -0.15) is 0 Å². The number of hydrogen-bond acceptors (Lipinski definition) is 5. The zero-order chi connectivity index (χ0) is 21.5. The molecule has 1 aliphatic heterocycles. The van der Waals surface area contributed by atoms with Crippen molar-refractivity contribution in [1.82, 2.24) is 14.4 Å². The summed E-state index contributed by atoms with van der Waals surface area (Å²) in [5.74, 6) is -1.02. The highest BCUT2D eigenvalue weighted by Crippen LogP contribution is 2.10. The van der Waals surface area contributed by atoms with E-state index in [4.69, 9.17) is 4.74 Å². The van der Waals surface area contributed by atoms with Gasteiger partial charge in [0.2, 0.25) is 5.91 Å². The SMILES string of the molecule is COCCN1CCN(C(=O)Cn2cc(C(=O)Nc3ccc(F)cc3)ccc2=O)CC1. The monoisotopic (exact) mass is 416 g/mol. The number of methoxy groups -OCH3 is 1. The summed E-state index contributed by atoms with van der Waals surface area (Å²) in [5.41, 5.74) is 0.304. The van der Waals surface area contributed by atoms with Crippen molar-refractivity contribution in [2.45, 2.75) is 6.54 Å². The Hall–Kier alpha value is -3.04. The minimum atomic E-state index is -0.449. The van der Waals surface area contributed by atoms with E-state index < -0.39 is 11.7 Å². The number of piperazine rings is 1. The summed E-state index contributed by atoms with van der Waals surface area (Å²) in [4.78, 5) is 41.2. The maximum absolute atomic E-state index is 13.0. The van der Waals surface area contributed by atoms with Crippen molar-refractivity contribution in [3.8, 4) is 0 Å². The van der Waals surface area contributed by atoms with Crippen molar-refractivity contribution in [2.24, 2.45) is 0 Å². The fourth-order valence-corrected chi connectivity index (χ4v) is 3.21. The molecular weight excluding hydrogens is 391 g/mol. The van der Waals surface area contributed by atoms with Crippen molar-refractivity contribution in [2.75, 3.05) is 51.8 Å². The van der Waals surface area contributed by atoms with Crippen LogP contribution in [0.25, 0.3) is 0 Å². The molecule has 0 atom stereocenters. The second-order valence-corrected chi connectivity index (χ2v) is 7.06. The van der Waals surface area contributed by atoms with Crippen LogP contribution in [-0.2, 0) is 16.1 Å². The third-order valence-corrected chi connectivity index (χ3v) is 4.99. The van der Waals surface area contributed by atoms with Gasteiger partial charge in [-0.3, -0.25) is 19.3 Å². The highest BCUT2D eigenvalue weighted by atomic mass is 19.1. The molecule has 1 fully saturated rings. The fourth-order valence-electron chi connectivity index (χ4n) is 3.21. The summed E-state index contributed by atoms with van der Waals surface area (Å²) in [7, 11) is 1.66. The van der Waals surface area contributed by atoms with Crippen molar-refractivity contribution in [1.29, 1.82) is 0 Å². The molecule has 30 heavy (non-hydrogen) atoms. The van der Waals surface area contributed by atoms with E-state index in [1.165, 1.54) is 47.2 Å². The Morgan fingerprint density at radius 2 is 1.77 bits per heavy atom. The summed E-state index contributed by atoms with van der Waals surface area (Å²) in [6, 6.07) is 8.03. The summed E-state index contributed by atoms with van der Waals surface area (Å²) in [6.45, 7) is 4.02. The average molecular weight is 416 g/mol. The Morgan fingerprint density at radius 3 is 2.43 bits per heavy atom. The largest absolute Gasteiger partial charge is 0.383 e. The molecule has 3 rings (SSSR count). The van der Waals surface area contributed by atoms with E-state index in [0.29, 0.717) is 25.4 Å². The lowest BCUT2D eigenvalue weighted by Gasteiger charge is -2.34. The molecule has 160 valence electrons. The summed E-state index contributed by atoms with van der Waals surface area (Å²) in [5, 5.41) is 2.64. The van der Waals surface area contributed by atoms with Crippen LogP contribution in [0.1, 0.15) is 10.4 Å². The number of benzene rings is 1. The number of rotatable bonds is 7. The van der Waals surface area contributed by atoms with E-state index in [-0.39, 0.29) is 23.6 Å². The summed E-state index contributed by atoms with van der Waals surface area (Å²) < 4.78 is 19.3. The zero-order valence-electron chi connectivity index (χ0n) is 16.8. The van der Waals surface area contributed by atoms with Gasteiger partial charge in [-0.05, 0) is 30.3 Å². The number of halogens is 1. The molecule has 0 radical (unpaired) electrons. The third-order valence-electron chi connectivity index (χ3n) is 4.99. The lowest BCUT2D eigenvalue weighted by molar-refractivity contribution is -0.133. The molecule has 0 unspecified atom stereocenters. The molecule has 2 amide bonds. The van der Waals surface area contributed by atoms with Crippen LogP contribution >= 0.6 is 0 Å². The van der Waals surface area contributed by atoms with E-state index in [9.17, 15) is 18.8 Å². The Morgan fingerprint density at radius 1 is 1.07 bits per heavy atom. The van der Waals surface area contributed by atoms with E-state index >= 15 is 0 Å². The summed E-state index contributed by atoms with van der Waals surface area (Å²) in [6.07, 6.45) is 1.37. The number of hydrogen-bond donors (Lipinski definition) is 1. The van der Waals surface area contributed by atoms with Crippen LogP contribution in [0.4, 0.5) is 10.1 Å². The first-order valence-corrected chi connectivity index (χ1v) is 9.73. The Balaban J connectivity index is 1.61. The number of pyridine rings is 1. The predicted octanol–water partition coefficient (Wildman–Crippen LogP) is 1.03. The van der Waals surface area contributed by atoms with Crippen LogP contribution < -0.4 is 10.9 Å². The van der Waals surface area contributed by atoms with Crippen LogP contribution in [-0.4, -0.2) is 72.6 Å². The number of nitrogens with one attached hydrogen (secondary N) is 1. The first-order valence-electron chi connectivity index (χ1n) is 9.73. The maximum Gasteiger partial charge on any atom is 0.257 e. The minimum Gasteiger partial charge on any atom is -0.383 e. The molecule has 1 N–H and O–H groups in total. The molecular formula is C21H25FN4O4. The number of nitrogens with zero attached hydrogens (tertiary/aromatic N) is 3. The normalized spacial score (nSPS) is 14.5. The highest BCUT2D eigenvalue weighted by molar-refractivity contribution is 6.04. The lowest BCUT2D eigenvalue weighted by atomic mass is 10.2. The van der Waals surface area contributed by atoms with Crippen molar-refractivity contribution in [3.05, 3.63) is 64.3 Å². The molecule has 1 aromatic heterocycles. The van der Waals surface area contributed by atoms with Gasteiger partial charge in [-0.15, -0.1) is 0 Å². The highest BCUT2D eigenvalue weighted by Gasteiger charge is 2.21. The number of aromatic nitrogens is 1. The van der Waals surface area contributed by atoms with Gasteiger partial charge in [0.05, 0.1) is 12.2 Å². The quantitative estimate of drug-likeness (QED) is 0.729. The summed E-state index contributed by atoms with van der Waals surface area (Å²) >= 11 is 0. The number of carbonyl (C=O) groups is 2. The van der Waals surface area contributed by atoms with E-state index in [2.05, 4.69) is 10.2 Å². The van der Waals surface area contributed by atoms with Crippen molar-refractivity contribution in [3.63, 3.8) is 0 Å². The van der Waals surface area contributed by atoms with Gasteiger partial charge in [0.25, 0.3) is 11.5 Å². The molecule has 1 aliphatic rings. The van der Waals surface area contributed by atoms with Gasteiger partial charge in [0, 0.05) is 57.8 Å². The van der Waals surface area contributed by atoms with E-state index in [1.54, 1.807) is 12.0 Å². The fraction of sp³-hybridized carbons (Fsp3) is 0.381. The molecule has 8 nitrogen and oxygen atoms in total. The second kappa shape index (κ2) is 10.1. The van der Waals surface area contributed by atoms with Crippen LogP contribution in [0.2, 0.25) is 0 Å². The first kappa shape index (κ1) is 21.7. The van der Waals surface area contributed by atoms with Gasteiger partial charge < -0.3 is 19.5 Å². The molecule has 0 aliphatic carbocycles. The van der Waals surface area contributed by atoms with Gasteiger partial charge in [-0.25, -0.2) is 4.39 Å². The molecule has 0 spiro atoms. The third kappa shape index (κ3) is 5.74. The number of anilines is 1. The van der Waals surface area contributed by atoms with Crippen molar-refractivity contribution >= 4 is 17.5 Å². The lowest BCUT2D eigenvalue weighted by Crippen LogP contribution is -2.50. The predicted molar refractivity (Wildman–Crippen MR) is 110 cm³/mol. The molecule has 0 bridgehead atoms. The van der Waals surface area contributed by atoms with Crippen LogP contribution in [0.3, 0.4) is 0 Å². The van der Waals surface area contributed by atoms with Crippen LogP contribution in [0.15, 0.2) is 47.4 Å². The Labute approximate surface area is 173 Å². The Kier molecular flexibility index (Phi) is 7.31. The standard InChI is InChI=1S/C21H25FN4O4/c1-30-13-12-24-8-10-25(11-9-24)20(28)15-26-14-16(2-7-19(26)27)21(29)23-18-5-3-17(22)4-6-18/h2-7,14H,8-13,15H2,1H3,(H,23,29). The van der Waals surface area contributed by atoms with Crippen molar-refractivity contribution < 1.29 is 18.7 Å². The number of amides is 2. The average Bonchev–Trinajstić information content (AvgIpc) is 2.75. The molecule has 0 saturated carbocycles. The molecule has 1 saturated heterocycles. The molecule has 2 heterocycles. The van der Waals surface area contributed by atoms with Crippen LogP contribution in [0, 0.1) is 5.82 Å². The van der Waals surface area contributed by atoms with Gasteiger partial charge in [0.15, 0.2) is 0 Å². The van der Waals surface area contributed by atoms with Gasteiger partial charge in [0.1, 0.15) is 12.4 Å². The van der Waals surface area contributed by atoms with Gasteiger partial charge in [-0.1, -0.05) is 0 Å². The molecule has 2 aromatic rings. The zero-order valence-corrected chi connectivity index (χ0v) is 16.8. The first-order chi connectivity index (χ1) is 14.5. The minimum absolute atomic E-state index is 0.130. The smallest absolute Gasteiger partial charge is 0.257 e. The Bertz CT molecular complexity index is 937. The van der Waals surface area contributed by atoms with Gasteiger partial charge >= 0.3 is 0 Å². The number of carbonyl (C=O) groups excluding carboxylic acids is 2. The molecule has 9 heteroatoms.